The number of halogens is 1. The summed E-state index contributed by atoms with van der Waals surface area (Å²) in [7, 11) is 0. The van der Waals surface area contributed by atoms with Crippen molar-refractivity contribution in [3.8, 4) is 0 Å². The summed E-state index contributed by atoms with van der Waals surface area (Å²) in [6, 6.07) is 0. The first-order valence-electron chi connectivity index (χ1n) is 7.21. The lowest BCUT2D eigenvalue weighted by molar-refractivity contribution is -0.213. The Bertz CT molecular complexity index is 402. The summed E-state index contributed by atoms with van der Waals surface area (Å²) in [5.74, 6) is 1.12. The van der Waals surface area contributed by atoms with E-state index in [9.17, 15) is 4.79 Å². The van der Waals surface area contributed by atoms with Crippen LogP contribution in [0.25, 0.3) is 0 Å². The van der Waals surface area contributed by atoms with E-state index in [1.165, 1.54) is 6.42 Å². The van der Waals surface area contributed by atoms with Crippen molar-refractivity contribution in [3.63, 3.8) is 0 Å². The maximum Gasteiger partial charge on any atom is 0.305 e. The van der Waals surface area contributed by atoms with Crippen LogP contribution in [-0.4, -0.2) is 17.4 Å². The highest BCUT2D eigenvalue weighted by Gasteiger charge is 2.63. The number of alkyl halides is 1. The molecule has 0 unspecified atom stereocenters. The molecular formula is C16H25BrO2. The van der Waals surface area contributed by atoms with Crippen molar-refractivity contribution >= 4 is 21.9 Å². The third-order valence-electron chi connectivity index (χ3n) is 5.73. The van der Waals surface area contributed by atoms with E-state index in [4.69, 9.17) is 4.74 Å². The van der Waals surface area contributed by atoms with Crippen LogP contribution >= 0.6 is 15.9 Å². The molecule has 0 amide bonds. The SMILES string of the molecule is C=C(CBr)[C@]1(C)C[C@H]2C[C@@H]([C@@H]1OC(=O)CC)C2(C)C. The summed E-state index contributed by atoms with van der Waals surface area (Å²) in [6.45, 7) is 12.9. The maximum atomic E-state index is 11.8. The van der Waals surface area contributed by atoms with Crippen molar-refractivity contribution in [2.75, 3.05) is 5.33 Å². The number of hydrogen-bond acceptors (Lipinski definition) is 2. The summed E-state index contributed by atoms with van der Waals surface area (Å²) >= 11 is 3.52. The average Bonchev–Trinajstić information content (AvgIpc) is 2.39. The molecule has 0 aromatic heterocycles. The highest BCUT2D eigenvalue weighted by Crippen LogP contribution is 2.66. The summed E-state index contributed by atoms with van der Waals surface area (Å²) < 4.78 is 5.84. The second kappa shape index (κ2) is 4.91. The van der Waals surface area contributed by atoms with E-state index in [-0.39, 0.29) is 17.5 Å². The van der Waals surface area contributed by atoms with Crippen molar-refractivity contribution in [2.45, 2.75) is 53.1 Å². The van der Waals surface area contributed by atoms with Gasteiger partial charge in [-0.25, -0.2) is 0 Å². The van der Waals surface area contributed by atoms with Gasteiger partial charge in [-0.3, -0.25) is 4.79 Å². The number of rotatable bonds is 4. The van der Waals surface area contributed by atoms with Crippen LogP contribution in [0, 0.1) is 22.7 Å². The first kappa shape index (κ1) is 15.1. The van der Waals surface area contributed by atoms with Crippen molar-refractivity contribution in [1.29, 1.82) is 0 Å². The molecule has 0 N–H and O–H groups in total. The van der Waals surface area contributed by atoms with Crippen LogP contribution in [0.2, 0.25) is 0 Å². The molecule has 0 radical (unpaired) electrons. The molecule has 0 aromatic carbocycles. The fourth-order valence-electron chi connectivity index (χ4n) is 3.92. The molecular weight excluding hydrogens is 304 g/mol. The number of hydrogen-bond donors (Lipinski definition) is 0. The minimum atomic E-state index is -0.0836. The molecule has 108 valence electrons. The first-order valence-corrected chi connectivity index (χ1v) is 8.33. The number of carbonyl (C=O) groups excluding carboxylic acids is 1. The van der Waals surface area contributed by atoms with Crippen LogP contribution in [0.3, 0.4) is 0 Å². The molecule has 3 saturated carbocycles. The Morgan fingerprint density at radius 1 is 1.42 bits per heavy atom. The van der Waals surface area contributed by atoms with Gasteiger partial charge in [0, 0.05) is 23.1 Å². The molecule has 2 bridgehead atoms. The Hall–Kier alpha value is -0.310. The second-order valence-electron chi connectivity index (χ2n) is 6.98. The topological polar surface area (TPSA) is 26.3 Å². The molecule has 0 aromatic rings. The minimum Gasteiger partial charge on any atom is -0.461 e. The normalized spacial score (nSPS) is 39.3. The first-order chi connectivity index (χ1) is 8.77. The van der Waals surface area contributed by atoms with E-state index in [2.05, 4.69) is 43.3 Å². The van der Waals surface area contributed by atoms with E-state index < -0.39 is 0 Å². The molecule has 0 aliphatic heterocycles. The van der Waals surface area contributed by atoms with Crippen molar-refractivity contribution in [3.05, 3.63) is 12.2 Å². The second-order valence-corrected chi connectivity index (χ2v) is 7.54. The lowest BCUT2D eigenvalue weighted by Crippen LogP contribution is -2.63. The van der Waals surface area contributed by atoms with Gasteiger partial charge in [0.25, 0.3) is 0 Å². The van der Waals surface area contributed by atoms with E-state index in [1.54, 1.807) is 0 Å². The Morgan fingerprint density at radius 3 is 2.53 bits per heavy atom. The molecule has 3 heteroatoms. The van der Waals surface area contributed by atoms with Gasteiger partial charge in [0.05, 0.1) is 0 Å². The molecule has 4 atom stereocenters. The standard InChI is InChI=1S/C16H25BrO2/c1-6-13(18)19-14-12-7-11(15(12,3)4)8-16(14,5)10(2)9-17/h11-12,14H,2,6-9H2,1,3-5H3/t11-,12+,14+,16+/m1/s1. The molecule has 0 spiro atoms. The Labute approximate surface area is 125 Å². The van der Waals surface area contributed by atoms with Crippen LogP contribution in [-0.2, 0) is 9.53 Å². The van der Waals surface area contributed by atoms with Crippen LogP contribution < -0.4 is 0 Å². The number of fused-ring (bicyclic) bond motifs is 2. The van der Waals surface area contributed by atoms with E-state index in [0.29, 0.717) is 17.8 Å². The van der Waals surface area contributed by atoms with Crippen LogP contribution in [0.5, 0.6) is 0 Å². The van der Waals surface area contributed by atoms with Crippen molar-refractivity contribution in [1.82, 2.24) is 0 Å². The summed E-state index contributed by atoms with van der Waals surface area (Å²) in [6.07, 6.45) is 2.72. The van der Waals surface area contributed by atoms with E-state index in [0.717, 1.165) is 23.2 Å². The molecule has 3 aliphatic rings. The molecule has 0 saturated heterocycles. The Kier molecular flexibility index (Phi) is 3.90. The molecule has 3 rings (SSSR count). The maximum absolute atomic E-state index is 11.8. The third kappa shape index (κ3) is 2.18. The van der Waals surface area contributed by atoms with Gasteiger partial charge in [-0.2, -0.15) is 0 Å². The van der Waals surface area contributed by atoms with Gasteiger partial charge in [0.2, 0.25) is 0 Å². The molecule has 3 fully saturated rings. The van der Waals surface area contributed by atoms with E-state index in [1.807, 2.05) is 6.92 Å². The molecule has 0 heterocycles. The fourth-order valence-corrected chi connectivity index (χ4v) is 4.56. The molecule has 3 aliphatic carbocycles. The van der Waals surface area contributed by atoms with Gasteiger partial charge in [0.15, 0.2) is 0 Å². The zero-order valence-corrected chi connectivity index (χ0v) is 14.0. The Morgan fingerprint density at radius 2 is 2.05 bits per heavy atom. The Balaban J connectivity index is 2.29. The highest BCUT2D eigenvalue weighted by molar-refractivity contribution is 9.09. The zero-order chi connectivity index (χ0) is 14.4. The summed E-state index contributed by atoms with van der Waals surface area (Å²) in [5, 5.41) is 0.781. The van der Waals surface area contributed by atoms with Crippen LogP contribution in [0.4, 0.5) is 0 Å². The number of ether oxygens (including phenoxy) is 1. The lowest BCUT2D eigenvalue weighted by Gasteiger charge is -2.65. The largest absolute Gasteiger partial charge is 0.461 e. The highest BCUT2D eigenvalue weighted by atomic mass is 79.9. The quantitative estimate of drug-likeness (QED) is 0.436. The number of esters is 1. The smallest absolute Gasteiger partial charge is 0.305 e. The van der Waals surface area contributed by atoms with Gasteiger partial charge in [-0.1, -0.05) is 55.8 Å². The minimum absolute atomic E-state index is 0.00926. The van der Waals surface area contributed by atoms with Gasteiger partial charge in [0.1, 0.15) is 6.10 Å². The van der Waals surface area contributed by atoms with Gasteiger partial charge < -0.3 is 4.74 Å². The summed E-state index contributed by atoms with van der Waals surface area (Å²) in [5.41, 5.74) is 1.38. The predicted molar refractivity (Wildman–Crippen MR) is 81.2 cm³/mol. The van der Waals surface area contributed by atoms with Crippen LogP contribution in [0.15, 0.2) is 12.2 Å². The third-order valence-corrected chi connectivity index (χ3v) is 6.40. The van der Waals surface area contributed by atoms with Gasteiger partial charge >= 0.3 is 5.97 Å². The summed E-state index contributed by atoms with van der Waals surface area (Å²) in [4.78, 5) is 11.8. The van der Waals surface area contributed by atoms with Crippen molar-refractivity contribution < 1.29 is 9.53 Å². The van der Waals surface area contributed by atoms with Crippen LogP contribution in [0.1, 0.15) is 47.0 Å². The lowest BCUT2D eigenvalue weighted by atomic mass is 9.41. The van der Waals surface area contributed by atoms with Gasteiger partial charge in [-0.05, 0) is 24.2 Å². The van der Waals surface area contributed by atoms with Crippen molar-refractivity contribution in [2.24, 2.45) is 22.7 Å². The van der Waals surface area contributed by atoms with E-state index >= 15 is 0 Å². The predicted octanol–water partition coefficient (Wildman–Crippen LogP) is 4.33. The molecule has 2 nitrogen and oxygen atoms in total. The molecule has 19 heavy (non-hydrogen) atoms. The fraction of sp³-hybridized carbons (Fsp3) is 0.812. The number of carbonyl (C=O) groups is 1. The average molecular weight is 329 g/mol. The van der Waals surface area contributed by atoms with Gasteiger partial charge in [-0.15, -0.1) is 0 Å². The monoisotopic (exact) mass is 328 g/mol. The zero-order valence-electron chi connectivity index (χ0n) is 12.5.